The highest BCUT2D eigenvalue weighted by Gasteiger charge is 2.44. The number of Topliss-reactive ketones (excluding diaryl/α,β-unsaturated/α-hetero) is 2. The summed E-state index contributed by atoms with van der Waals surface area (Å²) in [7, 11) is 0. The first kappa shape index (κ1) is 28.2. The van der Waals surface area contributed by atoms with Gasteiger partial charge in [0.2, 0.25) is 5.78 Å². The van der Waals surface area contributed by atoms with Gasteiger partial charge in [0.05, 0.1) is 0 Å². The number of benzene rings is 1. The number of aryl methyl sites for hydroxylation is 1. The second-order valence-corrected chi connectivity index (χ2v) is 9.77. The van der Waals surface area contributed by atoms with Crippen molar-refractivity contribution in [1.29, 1.82) is 0 Å². The van der Waals surface area contributed by atoms with E-state index in [1.54, 1.807) is 0 Å². The SMILES string of the molecule is CC(=O)C(=O)NOC1OCC(=O)C([C@@H]2CCC/C=C\CCCNNCCC2)[C@@H]1CCc1ccccc1. The highest BCUT2D eigenvalue weighted by Crippen LogP contribution is 2.38. The molecule has 198 valence electrons. The van der Waals surface area contributed by atoms with E-state index in [0.29, 0.717) is 6.42 Å². The molecule has 8 heteroatoms. The van der Waals surface area contributed by atoms with E-state index in [4.69, 9.17) is 9.57 Å². The van der Waals surface area contributed by atoms with Gasteiger partial charge < -0.3 is 4.74 Å². The zero-order valence-corrected chi connectivity index (χ0v) is 21.4. The number of ketones is 2. The van der Waals surface area contributed by atoms with Crippen molar-refractivity contribution in [1.82, 2.24) is 16.3 Å². The molecular formula is C28H41N3O5. The van der Waals surface area contributed by atoms with Crippen molar-refractivity contribution in [2.24, 2.45) is 17.8 Å². The maximum atomic E-state index is 13.3. The number of hydrazine groups is 1. The molecular weight excluding hydrogens is 458 g/mol. The summed E-state index contributed by atoms with van der Waals surface area (Å²) in [6, 6.07) is 10.1. The summed E-state index contributed by atoms with van der Waals surface area (Å²) in [5.74, 6) is -1.64. The summed E-state index contributed by atoms with van der Waals surface area (Å²) in [5.41, 5.74) is 9.98. The molecule has 1 aromatic carbocycles. The second kappa shape index (κ2) is 15.7. The van der Waals surface area contributed by atoms with Crippen molar-refractivity contribution in [2.75, 3.05) is 19.7 Å². The molecule has 1 saturated heterocycles. The third-order valence-corrected chi connectivity index (χ3v) is 7.06. The number of ether oxygens (including phenoxy) is 1. The van der Waals surface area contributed by atoms with Crippen LogP contribution in [0.3, 0.4) is 0 Å². The predicted molar refractivity (Wildman–Crippen MR) is 137 cm³/mol. The number of rotatable bonds is 7. The van der Waals surface area contributed by atoms with Crippen LogP contribution in [0.15, 0.2) is 42.5 Å². The fraction of sp³-hybridized carbons (Fsp3) is 0.607. The molecule has 0 bridgehead atoms. The molecule has 3 N–H and O–H groups in total. The normalized spacial score (nSPS) is 27.5. The topological polar surface area (TPSA) is 106 Å². The first-order chi connectivity index (χ1) is 17.6. The lowest BCUT2D eigenvalue weighted by Crippen LogP contribution is -2.50. The number of allylic oxidation sites excluding steroid dienone is 2. The molecule has 3 rings (SSSR count). The Balaban J connectivity index is 1.77. The van der Waals surface area contributed by atoms with Crippen molar-refractivity contribution in [3.63, 3.8) is 0 Å². The largest absolute Gasteiger partial charge is 0.342 e. The Kier molecular flexibility index (Phi) is 12.3. The van der Waals surface area contributed by atoms with Gasteiger partial charge in [0.15, 0.2) is 12.1 Å². The minimum Gasteiger partial charge on any atom is -0.342 e. The summed E-state index contributed by atoms with van der Waals surface area (Å²) in [6.45, 7) is 2.90. The van der Waals surface area contributed by atoms with Crippen molar-refractivity contribution >= 4 is 17.5 Å². The van der Waals surface area contributed by atoms with Crippen LogP contribution in [0.1, 0.15) is 63.9 Å². The van der Waals surface area contributed by atoms with E-state index in [2.05, 4.69) is 40.6 Å². The molecule has 0 aliphatic carbocycles. The number of carbonyl (C=O) groups is 3. The average molecular weight is 500 g/mol. The minimum absolute atomic E-state index is 0.0523. The van der Waals surface area contributed by atoms with Crippen LogP contribution in [-0.2, 0) is 30.4 Å². The minimum atomic E-state index is -0.822. The zero-order valence-electron chi connectivity index (χ0n) is 21.4. The monoisotopic (exact) mass is 499 g/mol. The lowest BCUT2D eigenvalue weighted by molar-refractivity contribution is -0.234. The first-order valence-electron chi connectivity index (χ1n) is 13.3. The number of carbonyl (C=O) groups excluding carboxylic acids is 3. The lowest BCUT2D eigenvalue weighted by atomic mass is 9.71. The fourth-order valence-electron chi connectivity index (χ4n) is 5.18. The van der Waals surface area contributed by atoms with Crippen molar-refractivity contribution in [2.45, 2.75) is 71.0 Å². The van der Waals surface area contributed by atoms with Gasteiger partial charge in [-0.05, 0) is 69.3 Å². The van der Waals surface area contributed by atoms with E-state index in [1.807, 2.05) is 18.2 Å². The summed E-state index contributed by atoms with van der Waals surface area (Å²) < 4.78 is 5.78. The third-order valence-electron chi connectivity index (χ3n) is 7.06. The first-order valence-corrected chi connectivity index (χ1v) is 13.3. The molecule has 2 aliphatic rings. The fourth-order valence-corrected chi connectivity index (χ4v) is 5.18. The molecule has 8 nitrogen and oxygen atoms in total. The van der Waals surface area contributed by atoms with E-state index in [0.717, 1.165) is 64.5 Å². The maximum absolute atomic E-state index is 13.3. The predicted octanol–water partition coefficient (Wildman–Crippen LogP) is 3.42. The maximum Gasteiger partial charge on any atom is 0.310 e. The Bertz CT molecular complexity index is 860. The Hall–Kier alpha value is -2.39. The van der Waals surface area contributed by atoms with E-state index >= 15 is 0 Å². The second-order valence-electron chi connectivity index (χ2n) is 9.77. The molecule has 1 fully saturated rings. The molecule has 2 aliphatic heterocycles. The Morgan fingerprint density at radius 1 is 1.03 bits per heavy atom. The zero-order chi connectivity index (χ0) is 25.6. The Morgan fingerprint density at radius 2 is 1.72 bits per heavy atom. The van der Waals surface area contributed by atoms with E-state index in [1.165, 1.54) is 12.5 Å². The van der Waals surface area contributed by atoms with E-state index in [9.17, 15) is 14.4 Å². The van der Waals surface area contributed by atoms with E-state index in [-0.39, 0.29) is 30.1 Å². The van der Waals surface area contributed by atoms with Gasteiger partial charge in [0.25, 0.3) is 0 Å². The summed E-state index contributed by atoms with van der Waals surface area (Å²) in [5, 5.41) is 0. The van der Waals surface area contributed by atoms with Gasteiger partial charge in [0.1, 0.15) is 6.61 Å². The average Bonchev–Trinajstić information content (AvgIpc) is 2.88. The quantitative estimate of drug-likeness (QED) is 0.300. The molecule has 0 spiro atoms. The van der Waals surface area contributed by atoms with E-state index < -0.39 is 18.0 Å². The van der Waals surface area contributed by atoms with Crippen LogP contribution in [-0.4, -0.2) is 43.5 Å². The molecule has 0 aromatic heterocycles. The van der Waals surface area contributed by atoms with Crippen molar-refractivity contribution in [3.8, 4) is 0 Å². The van der Waals surface area contributed by atoms with Crippen molar-refractivity contribution < 1.29 is 24.0 Å². The molecule has 0 radical (unpaired) electrons. The highest BCUT2D eigenvalue weighted by molar-refractivity contribution is 6.34. The van der Waals surface area contributed by atoms with Gasteiger partial charge >= 0.3 is 5.91 Å². The summed E-state index contributed by atoms with van der Waals surface area (Å²) >= 11 is 0. The lowest BCUT2D eigenvalue weighted by Gasteiger charge is -2.40. The Labute approximate surface area is 214 Å². The van der Waals surface area contributed by atoms with Crippen LogP contribution >= 0.6 is 0 Å². The number of amides is 1. The molecule has 4 atom stereocenters. The van der Waals surface area contributed by atoms with Crippen LogP contribution in [0, 0.1) is 17.8 Å². The highest BCUT2D eigenvalue weighted by atomic mass is 16.8. The molecule has 1 aromatic rings. The third kappa shape index (κ3) is 9.24. The van der Waals surface area contributed by atoms with Crippen LogP contribution < -0.4 is 16.3 Å². The standard InChI is InChI=1S/C28H41N3O5/c1-21(32)27(34)31-36-28-24(17-16-22-12-7-6-8-13-22)26(25(33)20-35-28)23-14-9-4-2-3-5-10-18-29-30-19-11-15-23/h2-3,6-8,12-13,23-24,26,28-30H,4-5,9-11,14-20H2,1H3,(H,31,34)/b3-2-/t23-,24+,26?,28?/m1/s1. The molecule has 1 amide bonds. The van der Waals surface area contributed by atoms with Crippen LogP contribution in [0.5, 0.6) is 0 Å². The van der Waals surface area contributed by atoms with Crippen LogP contribution in [0.4, 0.5) is 0 Å². The summed E-state index contributed by atoms with van der Waals surface area (Å²) in [4.78, 5) is 42.2. The smallest absolute Gasteiger partial charge is 0.310 e. The van der Waals surface area contributed by atoms with Gasteiger partial charge in [0, 0.05) is 31.8 Å². The number of hydroxylamine groups is 1. The van der Waals surface area contributed by atoms with Crippen molar-refractivity contribution in [3.05, 3.63) is 48.0 Å². The van der Waals surface area contributed by atoms with Gasteiger partial charge in [-0.2, -0.15) is 0 Å². The van der Waals surface area contributed by atoms with Crippen LogP contribution in [0.25, 0.3) is 0 Å². The van der Waals surface area contributed by atoms with Gasteiger partial charge in [-0.3, -0.25) is 25.2 Å². The van der Waals surface area contributed by atoms with Gasteiger partial charge in [-0.15, -0.1) is 0 Å². The summed E-state index contributed by atoms with van der Waals surface area (Å²) in [6.07, 6.45) is 12.2. The molecule has 36 heavy (non-hydrogen) atoms. The van der Waals surface area contributed by atoms with Gasteiger partial charge in [-0.25, -0.2) is 10.3 Å². The van der Waals surface area contributed by atoms with Crippen LogP contribution in [0.2, 0.25) is 0 Å². The molecule has 2 heterocycles. The number of nitrogens with one attached hydrogen (secondary N) is 3. The molecule has 2 unspecified atom stereocenters. The molecule has 0 saturated carbocycles. The Morgan fingerprint density at radius 3 is 2.47 bits per heavy atom. The number of hydrogen-bond acceptors (Lipinski definition) is 7. The number of hydrogen-bond donors (Lipinski definition) is 3. The van der Waals surface area contributed by atoms with Gasteiger partial charge in [-0.1, -0.05) is 42.5 Å².